The van der Waals surface area contributed by atoms with Crippen LogP contribution < -0.4 is 21.7 Å². The summed E-state index contributed by atoms with van der Waals surface area (Å²) in [6.45, 7) is 8.62. The predicted molar refractivity (Wildman–Crippen MR) is 115 cm³/mol. The summed E-state index contributed by atoms with van der Waals surface area (Å²) >= 11 is 0. The van der Waals surface area contributed by atoms with Crippen LogP contribution in [0.15, 0.2) is 18.2 Å². The van der Waals surface area contributed by atoms with Gasteiger partial charge in [-0.05, 0) is 45.2 Å². The molecule has 0 radical (unpaired) electrons. The molecule has 2 heterocycles. The first-order valence-electron chi connectivity index (χ1n) is 10.0. The number of alkyl carbamates (subject to hydrolysis) is 1. The molecule has 5 N–H and O–H groups in total. The van der Waals surface area contributed by atoms with Crippen molar-refractivity contribution in [1.29, 1.82) is 0 Å². The van der Waals surface area contributed by atoms with Crippen molar-refractivity contribution in [3.63, 3.8) is 0 Å². The Morgan fingerprint density at radius 2 is 1.81 bits per heavy atom. The van der Waals surface area contributed by atoms with Crippen molar-refractivity contribution in [2.45, 2.75) is 45.8 Å². The lowest BCUT2D eigenvalue weighted by molar-refractivity contribution is 0.0495. The van der Waals surface area contributed by atoms with E-state index in [0.717, 1.165) is 18.6 Å². The molecule has 31 heavy (non-hydrogen) atoms. The fourth-order valence-corrected chi connectivity index (χ4v) is 3.61. The van der Waals surface area contributed by atoms with Crippen LogP contribution in [0, 0.1) is 17.6 Å². The fraction of sp³-hybridized carbons (Fsp3) is 0.476. The van der Waals surface area contributed by atoms with Gasteiger partial charge in [0.1, 0.15) is 28.7 Å². The smallest absolute Gasteiger partial charge is 0.407 e. The van der Waals surface area contributed by atoms with Crippen LogP contribution in [0.5, 0.6) is 0 Å². The molecule has 1 amide bonds. The lowest BCUT2D eigenvalue weighted by Gasteiger charge is -2.37. The number of anilines is 3. The Kier molecular flexibility index (Phi) is 6.19. The van der Waals surface area contributed by atoms with E-state index in [4.69, 9.17) is 16.2 Å². The molecule has 0 unspecified atom stereocenters. The number of aromatic nitrogens is 2. The normalized spacial score (nSPS) is 19.2. The van der Waals surface area contributed by atoms with Crippen LogP contribution in [-0.2, 0) is 4.74 Å². The highest BCUT2D eigenvalue weighted by Crippen LogP contribution is 2.29. The maximum absolute atomic E-state index is 13.9. The number of amides is 1. The van der Waals surface area contributed by atoms with E-state index in [9.17, 15) is 13.6 Å². The number of hydrogen-bond donors (Lipinski definition) is 3. The number of ether oxygens (including phenoxy) is 1. The maximum atomic E-state index is 13.9. The first kappa shape index (κ1) is 22.5. The highest BCUT2D eigenvalue weighted by atomic mass is 19.1. The Hall–Kier alpha value is -3.17. The van der Waals surface area contributed by atoms with E-state index in [2.05, 4.69) is 22.2 Å². The molecule has 10 heteroatoms. The zero-order valence-corrected chi connectivity index (χ0v) is 18.1. The number of carbonyl (C=O) groups is 1. The molecule has 1 fully saturated rings. The Morgan fingerprint density at radius 3 is 2.42 bits per heavy atom. The van der Waals surface area contributed by atoms with Crippen LogP contribution in [-0.4, -0.2) is 40.8 Å². The third-order valence-corrected chi connectivity index (χ3v) is 4.81. The number of nitrogen functional groups attached to an aromatic ring is 2. The molecule has 1 aromatic carbocycles. The van der Waals surface area contributed by atoms with Gasteiger partial charge in [0.05, 0.1) is 11.7 Å². The highest BCUT2D eigenvalue weighted by molar-refractivity contribution is 5.69. The predicted octanol–water partition coefficient (Wildman–Crippen LogP) is 3.33. The summed E-state index contributed by atoms with van der Waals surface area (Å²) in [4.78, 5) is 22.5. The number of benzene rings is 1. The third-order valence-electron chi connectivity index (χ3n) is 4.81. The lowest BCUT2D eigenvalue weighted by atomic mass is 9.96. The zero-order valence-electron chi connectivity index (χ0n) is 18.1. The van der Waals surface area contributed by atoms with E-state index in [1.165, 1.54) is 0 Å². The minimum absolute atomic E-state index is 0.0278. The molecule has 0 saturated carbocycles. The number of halogens is 2. The molecule has 3 rings (SSSR count). The summed E-state index contributed by atoms with van der Waals surface area (Å²) in [7, 11) is 0. The van der Waals surface area contributed by atoms with Gasteiger partial charge in [0.2, 0.25) is 5.95 Å². The monoisotopic (exact) mass is 434 g/mol. The largest absolute Gasteiger partial charge is 0.444 e. The van der Waals surface area contributed by atoms with E-state index in [0.29, 0.717) is 18.9 Å². The second kappa shape index (κ2) is 8.52. The molecule has 8 nitrogen and oxygen atoms in total. The molecule has 1 aliphatic rings. The van der Waals surface area contributed by atoms with Crippen molar-refractivity contribution >= 4 is 23.5 Å². The fourth-order valence-electron chi connectivity index (χ4n) is 3.61. The maximum Gasteiger partial charge on any atom is 0.407 e. The summed E-state index contributed by atoms with van der Waals surface area (Å²) in [5, 5.41) is 2.90. The van der Waals surface area contributed by atoms with Gasteiger partial charge in [0, 0.05) is 24.7 Å². The average molecular weight is 434 g/mol. The number of nitrogens with one attached hydrogen (secondary N) is 1. The number of nitrogens with zero attached hydrogens (tertiary/aromatic N) is 3. The zero-order chi connectivity index (χ0) is 22.9. The standard InChI is InChI=1S/C21H28F2N6O2/c1-11-5-13(26-20(30)31-21(2,3)4)10-29(9-11)17-8-16(27-19(25)28-17)12-6-14(22)18(24)15(23)7-12/h6-8,11,13H,5,9-10,24H2,1-4H3,(H,26,30)(H2,25,27,28)/t11-,13-/m1/s1. The SMILES string of the molecule is C[C@@H]1C[C@@H](NC(=O)OC(C)(C)C)CN(c2cc(-c3cc(F)c(N)c(F)c3)nc(N)n2)C1. The van der Waals surface area contributed by atoms with Crippen LogP contribution in [0.2, 0.25) is 0 Å². The number of piperidine rings is 1. The van der Waals surface area contributed by atoms with E-state index < -0.39 is 29.0 Å². The summed E-state index contributed by atoms with van der Waals surface area (Å²) in [6.07, 6.45) is 0.291. The molecule has 0 spiro atoms. The molecule has 0 bridgehead atoms. The van der Waals surface area contributed by atoms with Crippen molar-refractivity contribution in [1.82, 2.24) is 15.3 Å². The first-order valence-corrected chi connectivity index (χ1v) is 10.0. The van der Waals surface area contributed by atoms with Gasteiger partial charge in [0.25, 0.3) is 0 Å². The molecule has 0 aliphatic carbocycles. The summed E-state index contributed by atoms with van der Waals surface area (Å²) in [5.41, 5.74) is 10.6. The number of rotatable bonds is 3. The topological polar surface area (TPSA) is 119 Å². The Bertz CT molecular complexity index is 956. The van der Waals surface area contributed by atoms with Crippen LogP contribution >= 0.6 is 0 Å². The summed E-state index contributed by atoms with van der Waals surface area (Å²) in [6, 6.07) is 3.67. The van der Waals surface area contributed by atoms with Gasteiger partial charge in [-0.2, -0.15) is 4.98 Å². The molecule has 2 atom stereocenters. The molecule has 168 valence electrons. The van der Waals surface area contributed by atoms with E-state index in [-0.39, 0.29) is 29.2 Å². The van der Waals surface area contributed by atoms with E-state index in [1.807, 2.05) is 4.90 Å². The number of carbonyl (C=O) groups excluding carboxylic acids is 1. The van der Waals surface area contributed by atoms with Crippen molar-refractivity contribution in [3.05, 3.63) is 29.8 Å². The minimum atomic E-state index is -0.873. The second-order valence-electron chi connectivity index (χ2n) is 8.91. The van der Waals surface area contributed by atoms with Gasteiger partial charge in [-0.15, -0.1) is 0 Å². The third kappa shape index (κ3) is 5.71. The van der Waals surface area contributed by atoms with Crippen LogP contribution in [0.4, 0.5) is 31.0 Å². The molecule has 1 aliphatic heterocycles. The van der Waals surface area contributed by atoms with Crippen LogP contribution in [0.3, 0.4) is 0 Å². The highest BCUT2D eigenvalue weighted by Gasteiger charge is 2.29. The van der Waals surface area contributed by atoms with Crippen LogP contribution in [0.1, 0.15) is 34.1 Å². The first-order chi connectivity index (χ1) is 14.4. The number of hydrogen-bond acceptors (Lipinski definition) is 7. The quantitative estimate of drug-likeness (QED) is 0.634. The Morgan fingerprint density at radius 1 is 1.16 bits per heavy atom. The summed E-state index contributed by atoms with van der Waals surface area (Å²) in [5.74, 6) is -1.02. The van der Waals surface area contributed by atoms with Crippen molar-refractivity contribution in [3.8, 4) is 11.3 Å². The Balaban J connectivity index is 1.84. The molecule has 1 saturated heterocycles. The Labute approximate surface area is 180 Å². The van der Waals surface area contributed by atoms with Gasteiger partial charge in [-0.25, -0.2) is 18.6 Å². The minimum Gasteiger partial charge on any atom is -0.444 e. The van der Waals surface area contributed by atoms with Crippen LogP contribution in [0.25, 0.3) is 11.3 Å². The van der Waals surface area contributed by atoms with Gasteiger partial charge >= 0.3 is 6.09 Å². The number of nitrogens with two attached hydrogens (primary N) is 2. The molecule has 2 aromatic rings. The molecule has 1 aromatic heterocycles. The van der Waals surface area contributed by atoms with E-state index in [1.54, 1.807) is 26.8 Å². The summed E-state index contributed by atoms with van der Waals surface area (Å²) < 4.78 is 33.2. The van der Waals surface area contributed by atoms with Gasteiger partial charge < -0.3 is 26.4 Å². The average Bonchev–Trinajstić information content (AvgIpc) is 2.63. The molecular weight excluding hydrogens is 406 g/mol. The van der Waals surface area contributed by atoms with Gasteiger partial charge in [-0.1, -0.05) is 6.92 Å². The second-order valence-corrected chi connectivity index (χ2v) is 8.91. The van der Waals surface area contributed by atoms with Crippen molar-refractivity contribution < 1.29 is 18.3 Å². The molecular formula is C21H28F2N6O2. The van der Waals surface area contributed by atoms with Crippen molar-refractivity contribution in [2.75, 3.05) is 29.5 Å². The van der Waals surface area contributed by atoms with Crippen molar-refractivity contribution in [2.24, 2.45) is 5.92 Å². The van der Waals surface area contributed by atoms with Gasteiger partial charge in [0.15, 0.2) is 0 Å². The lowest BCUT2D eigenvalue weighted by Crippen LogP contribution is -2.51. The van der Waals surface area contributed by atoms with Gasteiger partial charge in [-0.3, -0.25) is 0 Å². The van der Waals surface area contributed by atoms with E-state index >= 15 is 0 Å².